The van der Waals surface area contributed by atoms with Crippen molar-refractivity contribution in [2.75, 3.05) is 6.54 Å². The van der Waals surface area contributed by atoms with Gasteiger partial charge in [-0.05, 0) is 50.9 Å². The second-order valence-electron chi connectivity index (χ2n) is 4.76. The van der Waals surface area contributed by atoms with Crippen LogP contribution >= 0.6 is 27.3 Å². The smallest absolute Gasteiger partial charge is 0.0671 e. The Labute approximate surface area is 131 Å². The molecule has 0 saturated carbocycles. The Kier molecular flexibility index (Phi) is 4.20. The fourth-order valence-electron chi connectivity index (χ4n) is 2.45. The van der Waals surface area contributed by atoms with Gasteiger partial charge in [-0.15, -0.1) is 11.3 Å². The first-order valence-electron chi connectivity index (χ1n) is 6.74. The molecule has 2 aromatic carbocycles. The lowest BCUT2D eigenvalue weighted by atomic mass is 10.0. The Morgan fingerprint density at radius 1 is 1.10 bits per heavy atom. The molecule has 0 bridgehead atoms. The van der Waals surface area contributed by atoms with Crippen LogP contribution in [0.3, 0.4) is 0 Å². The molecule has 0 aliphatic rings. The first-order valence-corrected chi connectivity index (χ1v) is 8.41. The van der Waals surface area contributed by atoms with Gasteiger partial charge in [-0.1, -0.05) is 43.3 Å². The van der Waals surface area contributed by atoms with E-state index in [2.05, 4.69) is 82.1 Å². The summed E-state index contributed by atoms with van der Waals surface area (Å²) >= 11 is 5.33. The second-order valence-corrected chi connectivity index (χ2v) is 6.62. The molecule has 0 radical (unpaired) electrons. The standard InChI is InChI=1S/C17H16BrNS/c1-2-19-17(16-10-15(18)11-20-16)14-8-7-12-5-3-4-6-13(12)9-14/h3-11,17,19H,2H2,1H3. The molecule has 102 valence electrons. The van der Waals surface area contributed by atoms with Crippen molar-refractivity contribution in [3.05, 3.63) is 68.8 Å². The first-order chi connectivity index (χ1) is 9.78. The Balaban J connectivity index is 2.04. The molecule has 1 N–H and O–H groups in total. The highest BCUT2D eigenvalue weighted by molar-refractivity contribution is 9.10. The highest BCUT2D eigenvalue weighted by Crippen LogP contribution is 2.31. The van der Waals surface area contributed by atoms with Crippen molar-refractivity contribution in [2.45, 2.75) is 13.0 Å². The van der Waals surface area contributed by atoms with Gasteiger partial charge in [0.25, 0.3) is 0 Å². The fourth-order valence-corrected chi connectivity index (χ4v) is 4.00. The van der Waals surface area contributed by atoms with E-state index in [9.17, 15) is 0 Å². The molecule has 20 heavy (non-hydrogen) atoms. The number of rotatable bonds is 4. The van der Waals surface area contributed by atoms with Gasteiger partial charge in [0.05, 0.1) is 6.04 Å². The van der Waals surface area contributed by atoms with E-state index < -0.39 is 0 Å². The predicted molar refractivity (Wildman–Crippen MR) is 91.5 cm³/mol. The Morgan fingerprint density at radius 3 is 2.60 bits per heavy atom. The van der Waals surface area contributed by atoms with Gasteiger partial charge >= 0.3 is 0 Å². The fraction of sp³-hybridized carbons (Fsp3) is 0.176. The van der Waals surface area contributed by atoms with Crippen molar-refractivity contribution in [1.82, 2.24) is 5.32 Å². The summed E-state index contributed by atoms with van der Waals surface area (Å²) in [4.78, 5) is 1.34. The maximum absolute atomic E-state index is 3.58. The zero-order valence-electron chi connectivity index (χ0n) is 11.3. The number of hydrogen-bond donors (Lipinski definition) is 1. The molecule has 3 rings (SSSR count). The monoisotopic (exact) mass is 345 g/mol. The zero-order chi connectivity index (χ0) is 13.9. The molecule has 0 fully saturated rings. The lowest BCUT2D eigenvalue weighted by Crippen LogP contribution is -2.21. The van der Waals surface area contributed by atoms with Gasteiger partial charge in [0, 0.05) is 14.7 Å². The van der Waals surface area contributed by atoms with Gasteiger partial charge in [-0.25, -0.2) is 0 Å². The van der Waals surface area contributed by atoms with E-state index in [4.69, 9.17) is 0 Å². The summed E-state index contributed by atoms with van der Waals surface area (Å²) in [5, 5.41) is 8.31. The molecule has 0 amide bonds. The molecule has 0 aliphatic carbocycles. The van der Waals surface area contributed by atoms with Crippen molar-refractivity contribution in [3.8, 4) is 0 Å². The van der Waals surface area contributed by atoms with Crippen molar-refractivity contribution in [3.63, 3.8) is 0 Å². The largest absolute Gasteiger partial charge is 0.306 e. The predicted octanol–water partition coefficient (Wildman–Crippen LogP) is 5.36. The van der Waals surface area contributed by atoms with Crippen molar-refractivity contribution in [1.29, 1.82) is 0 Å². The van der Waals surface area contributed by atoms with E-state index >= 15 is 0 Å². The third-order valence-corrected chi connectivity index (χ3v) is 5.15. The first kappa shape index (κ1) is 13.8. The minimum absolute atomic E-state index is 0.265. The highest BCUT2D eigenvalue weighted by Gasteiger charge is 2.15. The number of hydrogen-bond acceptors (Lipinski definition) is 2. The average Bonchev–Trinajstić information content (AvgIpc) is 2.90. The van der Waals surface area contributed by atoms with Crippen LogP contribution in [0.25, 0.3) is 10.8 Å². The summed E-state index contributed by atoms with van der Waals surface area (Å²) in [6.07, 6.45) is 0. The molecule has 1 nitrogen and oxygen atoms in total. The third kappa shape index (κ3) is 2.80. The van der Waals surface area contributed by atoms with Crippen molar-refractivity contribution in [2.24, 2.45) is 0 Å². The summed E-state index contributed by atoms with van der Waals surface area (Å²) in [7, 11) is 0. The molecule has 1 atom stereocenters. The molecule has 1 aromatic heterocycles. The van der Waals surface area contributed by atoms with Crippen molar-refractivity contribution < 1.29 is 0 Å². The number of halogens is 1. The van der Waals surface area contributed by atoms with Gasteiger partial charge < -0.3 is 5.32 Å². The molecule has 3 heteroatoms. The normalized spacial score (nSPS) is 12.7. The average molecular weight is 346 g/mol. The number of fused-ring (bicyclic) bond motifs is 1. The van der Waals surface area contributed by atoms with Gasteiger partial charge in [-0.2, -0.15) is 0 Å². The summed E-state index contributed by atoms with van der Waals surface area (Å²) < 4.78 is 1.15. The van der Waals surface area contributed by atoms with Crippen LogP contribution in [-0.4, -0.2) is 6.54 Å². The Morgan fingerprint density at radius 2 is 1.90 bits per heavy atom. The quantitative estimate of drug-likeness (QED) is 0.670. The molecule has 0 saturated heterocycles. The van der Waals surface area contributed by atoms with Crippen LogP contribution in [-0.2, 0) is 0 Å². The highest BCUT2D eigenvalue weighted by atomic mass is 79.9. The maximum Gasteiger partial charge on any atom is 0.0671 e. The zero-order valence-corrected chi connectivity index (χ0v) is 13.7. The molecule has 1 unspecified atom stereocenters. The van der Waals surface area contributed by atoms with Gasteiger partial charge in [-0.3, -0.25) is 0 Å². The van der Waals surface area contributed by atoms with Crippen LogP contribution in [0.1, 0.15) is 23.4 Å². The van der Waals surface area contributed by atoms with Gasteiger partial charge in [0.2, 0.25) is 0 Å². The molecular formula is C17H16BrNS. The SMILES string of the molecule is CCNC(c1ccc2ccccc2c1)c1cc(Br)cs1. The molecule has 1 heterocycles. The van der Waals surface area contributed by atoms with Crippen LogP contribution in [0.15, 0.2) is 58.4 Å². The lowest BCUT2D eigenvalue weighted by Gasteiger charge is -2.17. The van der Waals surface area contributed by atoms with Crippen LogP contribution in [0.4, 0.5) is 0 Å². The van der Waals surface area contributed by atoms with Crippen LogP contribution < -0.4 is 5.32 Å². The summed E-state index contributed by atoms with van der Waals surface area (Å²) in [5.74, 6) is 0. The van der Waals surface area contributed by atoms with E-state index in [0.717, 1.165) is 11.0 Å². The summed E-state index contributed by atoms with van der Waals surface area (Å²) in [5.41, 5.74) is 1.32. The van der Waals surface area contributed by atoms with E-state index in [0.29, 0.717) is 0 Å². The third-order valence-electron chi connectivity index (χ3n) is 3.39. The molecule has 0 aliphatic heterocycles. The Bertz CT molecular complexity index is 720. The summed E-state index contributed by atoms with van der Waals surface area (Å²) in [6.45, 7) is 3.10. The minimum Gasteiger partial charge on any atom is -0.306 e. The Hall–Kier alpha value is -1.16. The van der Waals surface area contributed by atoms with E-state index in [-0.39, 0.29) is 6.04 Å². The number of thiophene rings is 1. The topological polar surface area (TPSA) is 12.0 Å². The number of benzene rings is 2. The van der Waals surface area contributed by atoms with E-state index in [1.807, 2.05) is 0 Å². The van der Waals surface area contributed by atoms with Crippen molar-refractivity contribution >= 4 is 38.0 Å². The second kappa shape index (κ2) is 6.08. The summed E-state index contributed by atoms with van der Waals surface area (Å²) in [6, 6.07) is 17.7. The maximum atomic E-state index is 3.58. The van der Waals surface area contributed by atoms with Gasteiger partial charge in [0.1, 0.15) is 0 Å². The molecular weight excluding hydrogens is 330 g/mol. The van der Waals surface area contributed by atoms with Gasteiger partial charge in [0.15, 0.2) is 0 Å². The van der Waals surface area contributed by atoms with E-state index in [1.54, 1.807) is 11.3 Å². The lowest BCUT2D eigenvalue weighted by molar-refractivity contribution is 0.640. The molecule has 3 aromatic rings. The number of nitrogens with one attached hydrogen (secondary N) is 1. The van der Waals surface area contributed by atoms with Crippen LogP contribution in [0, 0.1) is 0 Å². The minimum atomic E-state index is 0.265. The van der Waals surface area contributed by atoms with Crippen LogP contribution in [0.2, 0.25) is 0 Å². The van der Waals surface area contributed by atoms with Crippen LogP contribution in [0.5, 0.6) is 0 Å². The molecule has 0 spiro atoms. The van der Waals surface area contributed by atoms with E-state index in [1.165, 1.54) is 21.2 Å².